The first-order valence-corrected chi connectivity index (χ1v) is 9.67. The van der Waals surface area contributed by atoms with Crippen LogP contribution in [0.4, 0.5) is 5.95 Å². The quantitative estimate of drug-likeness (QED) is 0.335. The van der Waals surface area contributed by atoms with Gasteiger partial charge in [-0.05, 0) is 30.8 Å². The molecular weight excluding hydrogens is 415 g/mol. The zero-order valence-corrected chi connectivity index (χ0v) is 17.1. The summed E-state index contributed by atoms with van der Waals surface area (Å²) in [5.41, 5.74) is 1.84. The van der Waals surface area contributed by atoms with Crippen LogP contribution in [0.15, 0.2) is 33.0 Å². The highest BCUT2D eigenvalue weighted by Gasteiger charge is 2.23. The Morgan fingerprint density at radius 2 is 2.24 bits per heavy atom. The fourth-order valence-electron chi connectivity index (χ4n) is 2.95. The first-order chi connectivity index (χ1) is 14.0. The molecule has 10 heteroatoms. The maximum Gasteiger partial charge on any atom is 0.256 e. The number of aromatic amines is 1. The first-order valence-electron chi connectivity index (χ1n) is 8.91. The van der Waals surface area contributed by atoms with Gasteiger partial charge in [0.15, 0.2) is 0 Å². The highest BCUT2D eigenvalue weighted by atomic mass is 35.5. The monoisotopic (exact) mass is 434 g/mol. The number of nitrogens with zero attached hydrogens (tertiary/aromatic N) is 3. The Hall–Kier alpha value is -2.55. The molecule has 0 spiro atoms. The van der Waals surface area contributed by atoms with Crippen LogP contribution >= 0.6 is 23.2 Å². The number of nitrogens with one attached hydrogen (secondary N) is 3. The summed E-state index contributed by atoms with van der Waals surface area (Å²) in [5, 5.41) is 11.4. The zero-order valence-electron chi connectivity index (χ0n) is 15.5. The number of aliphatic imine (C=N–C) groups is 2. The minimum absolute atomic E-state index is 0.0734. The van der Waals surface area contributed by atoms with Gasteiger partial charge in [-0.15, -0.1) is 0 Å². The van der Waals surface area contributed by atoms with Gasteiger partial charge in [0.05, 0.1) is 15.7 Å². The molecule has 3 N–H and O–H groups in total. The molecule has 2 heterocycles. The van der Waals surface area contributed by atoms with Crippen molar-refractivity contribution in [3.63, 3.8) is 0 Å². The predicted octanol–water partition coefficient (Wildman–Crippen LogP) is 3.29. The number of anilines is 1. The van der Waals surface area contributed by atoms with Crippen LogP contribution in [0.2, 0.25) is 10.0 Å². The molecule has 8 nitrogen and oxygen atoms in total. The Bertz CT molecular complexity index is 1000. The van der Waals surface area contributed by atoms with Crippen LogP contribution in [0.25, 0.3) is 0 Å². The van der Waals surface area contributed by atoms with E-state index >= 15 is 0 Å². The van der Waals surface area contributed by atoms with E-state index in [0.29, 0.717) is 53.4 Å². The number of rotatable bonds is 8. The van der Waals surface area contributed by atoms with Gasteiger partial charge in [0, 0.05) is 37.4 Å². The third kappa shape index (κ3) is 5.50. The van der Waals surface area contributed by atoms with E-state index in [9.17, 15) is 4.79 Å². The molecule has 152 valence electrons. The highest BCUT2D eigenvalue weighted by molar-refractivity contribution is 6.42. The smallest absolute Gasteiger partial charge is 0.256 e. The van der Waals surface area contributed by atoms with Gasteiger partial charge in [0.1, 0.15) is 12.4 Å². The van der Waals surface area contributed by atoms with Crippen molar-refractivity contribution in [2.24, 2.45) is 9.98 Å². The first kappa shape index (κ1) is 21.2. The van der Waals surface area contributed by atoms with Crippen LogP contribution in [-0.2, 0) is 11.3 Å². The van der Waals surface area contributed by atoms with Crippen LogP contribution < -0.4 is 10.9 Å². The summed E-state index contributed by atoms with van der Waals surface area (Å²) in [6.45, 7) is 4.68. The van der Waals surface area contributed by atoms with Gasteiger partial charge in [-0.25, -0.2) is 9.98 Å². The topological polar surface area (TPSA) is 116 Å². The van der Waals surface area contributed by atoms with Gasteiger partial charge in [-0.1, -0.05) is 29.3 Å². The Morgan fingerprint density at radius 1 is 1.41 bits per heavy atom. The minimum atomic E-state index is -0.205. The number of benzene rings is 1. The summed E-state index contributed by atoms with van der Waals surface area (Å²) in [5.74, 6) is 0.333. The third-order valence-corrected chi connectivity index (χ3v) is 5.16. The van der Waals surface area contributed by atoms with Gasteiger partial charge in [0.2, 0.25) is 5.95 Å². The van der Waals surface area contributed by atoms with Crippen LogP contribution in [-0.4, -0.2) is 48.5 Å². The highest BCUT2D eigenvalue weighted by Crippen LogP contribution is 2.24. The number of halogens is 2. The average Bonchev–Trinajstić information content (AvgIpc) is 2.71. The number of aromatic nitrogens is 2. The average molecular weight is 435 g/mol. The SMILES string of the molecule is C=NC(=N)COCCC1CN=Cc2nc(NCc3ccc(Cl)c(Cl)c3)[nH]c(=O)c21. The lowest BCUT2D eigenvalue weighted by atomic mass is 9.94. The molecule has 1 aromatic heterocycles. The van der Waals surface area contributed by atoms with Crippen molar-refractivity contribution in [3.05, 3.63) is 55.4 Å². The Kier molecular flexibility index (Phi) is 7.13. The Balaban J connectivity index is 1.66. The largest absolute Gasteiger partial charge is 0.373 e. The standard InChI is InChI=1S/C19H20Cl2N6O2/c1-23-16(22)10-29-5-4-12-8-24-9-15-17(12)18(28)27-19(26-15)25-7-11-2-3-13(20)14(21)6-11/h2-3,6,9,12,22H,1,4-5,7-8,10H2,(H2,25,26,27,28). The van der Waals surface area contributed by atoms with Crippen molar-refractivity contribution in [2.75, 3.05) is 25.1 Å². The van der Waals surface area contributed by atoms with Gasteiger partial charge in [-0.3, -0.25) is 20.2 Å². The summed E-state index contributed by atoms with van der Waals surface area (Å²) in [6.07, 6.45) is 2.21. The van der Waals surface area contributed by atoms with Crippen molar-refractivity contribution < 1.29 is 4.74 Å². The molecule has 29 heavy (non-hydrogen) atoms. The van der Waals surface area contributed by atoms with E-state index in [1.807, 2.05) is 6.07 Å². The molecule has 1 aliphatic heterocycles. The molecule has 0 fully saturated rings. The van der Waals surface area contributed by atoms with Gasteiger partial charge in [0.25, 0.3) is 5.56 Å². The molecule has 1 aliphatic rings. The normalized spacial score (nSPS) is 15.0. The van der Waals surface area contributed by atoms with E-state index in [4.69, 9.17) is 33.3 Å². The van der Waals surface area contributed by atoms with Crippen molar-refractivity contribution >= 4 is 47.9 Å². The summed E-state index contributed by atoms with van der Waals surface area (Å²) in [4.78, 5) is 27.7. The fourth-order valence-corrected chi connectivity index (χ4v) is 3.27. The van der Waals surface area contributed by atoms with E-state index in [0.717, 1.165) is 5.56 Å². The van der Waals surface area contributed by atoms with E-state index in [2.05, 4.69) is 32.0 Å². The fraction of sp³-hybridized carbons (Fsp3) is 0.316. The minimum Gasteiger partial charge on any atom is -0.373 e. The van der Waals surface area contributed by atoms with Crippen molar-refractivity contribution in [2.45, 2.75) is 18.9 Å². The molecule has 1 atom stereocenters. The number of fused-ring (bicyclic) bond motifs is 1. The van der Waals surface area contributed by atoms with Crippen molar-refractivity contribution in [3.8, 4) is 0 Å². The molecule has 2 aromatic rings. The summed E-state index contributed by atoms with van der Waals surface area (Å²) >= 11 is 12.0. The van der Waals surface area contributed by atoms with Gasteiger partial charge in [-0.2, -0.15) is 0 Å². The number of amidine groups is 1. The molecule has 1 aromatic carbocycles. The molecule has 0 aliphatic carbocycles. The van der Waals surface area contributed by atoms with E-state index in [1.54, 1.807) is 18.3 Å². The maximum absolute atomic E-state index is 12.7. The summed E-state index contributed by atoms with van der Waals surface area (Å²) in [6, 6.07) is 5.32. The second-order valence-electron chi connectivity index (χ2n) is 6.45. The molecule has 0 saturated carbocycles. The van der Waals surface area contributed by atoms with Gasteiger partial charge >= 0.3 is 0 Å². The number of H-pyrrole nitrogens is 1. The molecule has 3 rings (SSSR count). The van der Waals surface area contributed by atoms with Crippen LogP contribution in [0.5, 0.6) is 0 Å². The molecule has 0 amide bonds. The Labute approximate surface area is 177 Å². The molecule has 1 unspecified atom stereocenters. The van der Waals surface area contributed by atoms with E-state index in [-0.39, 0.29) is 23.9 Å². The number of hydrogen-bond donors (Lipinski definition) is 3. The molecule has 0 radical (unpaired) electrons. The summed E-state index contributed by atoms with van der Waals surface area (Å²) in [7, 11) is 0. The second-order valence-corrected chi connectivity index (χ2v) is 7.27. The third-order valence-electron chi connectivity index (χ3n) is 4.42. The van der Waals surface area contributed by atoms with Crippen molar-refractivity contribution in [1.29, 1.82) is 5.41 Å². The lowest BCUT2D eigenvalue weighted by Gasteiger charge is -2.20. The van der Waals surface area contributed by atoms with E-state index < -0.39 is 0 Å². The van der Waals surface area contributed by atoms with Crippen LogP contribution in [0.1, 0.15) is 29.2 Å². The van der Waals surface area contributed by atoms with Crippen molar-refractivity contribution in [1.82, 2.24) is 9.97 Å². The number of hydrogen-bond acceptors (Lipinski definition) is 6. The molecule has 0 saturated heterocycles. The van der Waals surface area contributed by atoms with Crippen LogP contribution in [0, 0.1) is 5.41 Å². The lowest BCUT2D eigenvalue weighted by molar-refractivity contribution is 0.162. The van der Waals surface area contributed by atoms with E-state index in [1.165, 1.54) is 0 Å². The predicted molar refractivity (Wildman–Crippen MR) is 117 cm³/mol. The van der Waals surface area contributed by atoms with Crippen LogP contribution in [0.3, 0.4) is 0 Å². The lowest BCUT2D eigenvalue weighted by Crippen LogP contribution is -2.27. The molecule has 0 bridgehead atoms. The van der Waals surface area contributed by atoms with Gasteiger partial charge < -0.3 is 10.1 Å². The Morgan fingerprint density at radius 3 is 3.00 bits per heavy atom. The zero-order chi connectivity index (χ0) is 20.8. The summed E-state index contributed by atoms with van der Waals surface area (Å²) < 4.78 is 5.40. The maximum atomic E-state index is 12.7. The molecular formula is C19H20Cl2N6O2. The number of ether oxygens (including phenoxy) is 1. The second kappa shape index (κ2) is 9.78.